The van der Waals surface area contributed by atoms with Crippen molar-refractivity contribution in [1.82, 2.24) is 9.62 Å². The van der Waals surface area contributed by atoms with E-state index in [9.17, 15) is 18.0 Å². The summed E-state index contributed by atoms with van der Waals surface area (Å²) in [6, 6.07) is 5.37. The summed E-state index contributed by atoms with van der Waals surface area (Å²) in [7, 11) is -1.53. The van der Waals surface area contributed by atoms with Crippen LogP contribution < -0.4 is 10.2 Å². The zero-order valence-corrected chi connectivity index (χ0v) is 16.9. The number of sulfonamides is 1. The lowest BCUT2D eigenvalue weighted by Crippen LogP contribution is -2.49. The van der Waals surface area contributed by atoms with Gasteiger partial charge in [0.2, 0.25) is 15.9 Å². The number of likely N-dealkylation sites (N-methyl/N-ethyl adjacent to an activating group) is 1. The van der Waals surface area contributed by atoms with Crippen molar-refractivity contribution in [3.05, 3.63) is 29.3 Å². The molecular weight excluding hydrogens is 366 g/mol. The first-order valence-corrected chi connectivity index (χ1v) is 11.1. The molecule has 0 aromatic heterocycles. The van der Waals surface area contributed by atoms with E-state index < -0.39 is 15.4 Å². The van der Waals surface area contributed by atoms with Crippen molar-refractivity contribution in [3.8, 4) is 0 Å². The minimum Gasteiger partial charge on any atom is -0.352 e. The van der Waals surface area contributed by atoms with Crippen molar-refractivity contribution in [2.75, 3.05) is 37.3 Å². The van der Waals surface area contributed by atoms with Crippen molar-refractivity contribution < 1.29 is 18.0 Å². The number of hydrogen-bond acceptors (Lipinski definition) is 4. The fourth-order valence-corrected chi connectivity index (χ4v) is 5.16. The molecule has 0 unspecified atom stereocenters. The topological polar surface area (TPSA) is 86.8 Å². The molecule has 2 amide bonds. The van der Waals surface area contributed by atoms with Crippen LogP contribution in [0.3, 0.4) is 0 Å². The molecule has 1 fully saturated rings. The highest BCUT2D eigenvalue weighted by Gasteiger charge is 2.52. The lowest BCUT2D eigenvalue weighted by Gasteiger charge is -2.37. The molecule has 0 atom stereocenters. The van der Waals surface area contributed by atoms with Crippen LogP contribution in [-0.2, 0) is 20.2 Å². The molecule has 0 saturated carbocycles. The van der Waals surface area contributed by atoms with Crippen LogP contribution in [-0.4, -0.2) is 57.0 Å². The maximum atomic E-state index is 13.1. The summed E-state index contributed by atoms with van der Waals surface area (Å²) in [5.74, 6) is -0.105. The molecule has 3 rings (SSSR count). The largest absolute Gasteiger partial charge is 0.352 e. The third-order valence-electron chi connectivity index (χ3n) is 5.72. The van der Waals surface area contributed by atoms with Gasteiger partial charge in [-0.3, -0.25) is 9.59 Å². The molecule has 1 saturated heterocycles. The Bertz CT molecular complexity index is 858. The van der Waals surface area contributed by atoms with Crippen molar-refractivity contribution in [3.63, 3.8) is 0 Å². The predicted molar refractivity (Wildman–Crippen MR) is 104 cm³/mol. The summed E-state index contributed by atoms with van der Waals surface area (Å²) in [6.07, 6.45) is 1.72. The van der Waals surface area contributed by atoms with Crippen LogP contribution in [0.25, 0.3) is 0 Å². The number of carbonyl (C=O) groups excluding carboxylic acids is 2. The summed E-state index contributed by atoms with van der Waals surface area (Å²) in [6.45, 7) is 4.86. The monoisotopic (exact) mass is 393 g/mol. The zero-order chi connectivity index (χ0) is 19.8. The van der Waals surface area contributed by atoms with Crippen molar-refractivity contribution in [2.24, 2.45) is 0 Å². The smallest absolute Gasteiger partial charge is 0.251 e. The van der Waals surface area contributed by atoms with Gasteiger partial charge in [-0.2, -0.15) is 0 Å². The highest BCUT2D eigenvalue weighted by molar-refractivity contribution is 7.89. The van der Waals surface area contributed by atoms with Crippen LogP contribution >= 0.6 is 0 Å². The molecule has 0 radical (unpaired) electrons. The molecule has 0 aliphatic carbocycles. The second-order valence-corrected chi connectivity index (χ2v) is 9.49. The Morgan fingerprint density at radius 2 is 1.89 bits per heavy atom. The molecule has 1 aromatic carbocycles. The van der Waals surface area contributed by atoms with Gasteiger partial charge in [-0.05, 0) is 49.9 Å². The van der Waals surface area contributed by atoms with Crippen molar-refractivity contribution >= 4 is 27.5 Å². The Morgan fingerprint density at radius 1 is 1.22 bits per heavy atom. The Labute approximate surface area is 160 Å². The normalized spacial score (nSPS) is 19.4. The standard InChI is InChI=1S/C19H27N3O4S/c1-4-10-20-17(23)14-6-7-16-15(13-14)19(18(24)21(16)3)8-11-22(12-9-19)27(25,26)5-2/h6-7,13H,4-5,8-12H2,1-3H3,(H,20,23). The van der Waals surface area contributed by atoms with Gasteiger partial charge in [0.05, 0.1) is 11.2 Å². The first-order chi connectivity index (χ1) is 12.8. The molecule has 27 heavy (non-hydrogen) atoms. The molecular formula is C19H27N3O4S. The zero-order valence-electron chi connectivity index (χ0n) is 16.1. The molecule has 2 heterocycles. The minimum absolute atomic E-state index is 0.0165. The fourth-order valence-electron chi connectivity index (χ4n) is 4.05. The lowest BCUT2D eigenvalue weighted by atomic mass is 9.74. The van der Waals surface area contributed by atoms with Crippen molar-refractivity contribution in [1.29, 1.82) is 0 Å². The second-order valence-electron chi connectivity index (χ2n) is 7.23. The van der Waals surface area contributed by atoms with E-state index in [1.165, 1.54) is 4.31 Å². The molecule has 0 bridgehead atoms. The van der Waals surface area contributed by atoms with E-state index in [1.54, 1.807) is 24.9 Å². The summed E-state index contributed by atoms with van der Waals surface area (Å²) in [4.78, 5) is 27.1. The molecule has 1 spiro atoms. The Balaban J connectivity index is 1.93. The van der Waals surface area contributed by atoms with Gasteiger partial charge >= 0.3 is 0 Å². The number of amides is 2. The molecule has 1 aromatic rings. The minimum atomic E-state index is -3.26. The molecule has 8 heteroatoms. The molecule has 1 N–H and O–H groups in total. The number of anilines is 1. The summed E-state index contributed by atoms with van der Waals surface area (Å²) >= 11 is 0. The fraction of sp³-hybridized carbons (Fsp3) is 0.579. The third-order valence-corrected chi connectivity index (χ3v) is 7.60. The van der Waals surface area contributed by atoms with Crippen LogP contribution in [0.15, 0.2) is 18.2 Å². The van der Waals surface area contributed by atoms with E-state index in [4.69, 9.17) is 0 Å². The first kappa shape index (κ1) is 19.8. The van der Waals surface area contributed by atoms with Crippen LogP contribution in [0.4, 0.5) is 5.69 Å². The number of benzene rings is 1. The highest BCUT2D eigenvalue weighted by atomic mass is 32.2. The maximum absolute atomic E-state index is 13.1. The van der Waals surface area contributed by atoms with Crippen LogP contribution in [0, 0.1) is 0 Å². The van der Waals surface area contributed by atoms with E-state index in [-0.39, 0.29) is 17.6 Å². The number of nitrogens with one attached hydrogen (secondary N) is 1. The molecule has 2 aliphatic rings. The van der Waals surface area contributed by atoms with Crippen LogP contribution in [0.1, 0.15) is 49.0 Å². The van der Waals surface area contributed by atoms with E-state index in [1.807, 2.05) is 19.1 Å². The number of nitrogens with zero attached hydrogens (tertiary/aromatic N) is 2. The highest BCUT2D eigenvalue weighted by Crippen LogP contribution is 2.48. The van der Waals surface area contributed by atoms with Gasteiger partial charge in [-0.1, -0.05) is 6.92 Å². The predicted octanol–water partition coefficient (Wildman–Crippen LogP) is 1.49. The Kier molecular flexibility index (Phi) is 5.31. The number of rotatable bonds is 5. The summed E-state index contributed by atoms with van der Waals surface area (Å²) in [5, 5.41) is 2.86. The molecule has 2 aliphatic heterocycles. The van der Waals surface area contributed by atoms with E-state index >= 15 is 0 Å². The van der Waals surface area contributed by atoms with Crippen molar-refractivity contribution in [2.45, 2.75) is 38.5 Å². The summed E-state index contributed by atoms with van der Waals surface area (Å²) < 4.78 is 25.8. The average Bonchev–Trinajstić information content (AvgIpc) is 2.88. The number of carbonyl (C=O) groups is 2. The first-order valence-electron chi connectivity index (χ1n) is 9.45. The van der Waals surface area contributed by atoms with Gasteiger partial charge in [-0.15, -0.1) is 0 Å². The van der Waals surface area contributed by atoms with Gasteiger partial charge in [-0.25, -0.2) is 12.7 Å². The van der Waals surface area contributed by atoms with Gasteiger partial charge in [0.25, 0.3) is 5.91 Å². The quantitative estimate of drug-likeness (QED) is 0.821. The summed E-state index contributed by atoms with van der Waals surface area (Å²) in [5.41, 5.74) is 1.44. The molecule has 148 valence electrons. The lowest BCUT2D eigenvalue weighted by molar-refractivity contribution is -0.124. The van der Waals surface area contributed by atoms with E-state index in [0.717, 1.165) is 17.7 Å². The number of fused-ring (bicyclic) bond motifs is 2. The van der Waals surface area contributed by atoms with Gasteiger partial charge in [0, 0.05) is 37.9 Å². The third kappa shape index (κ3) is 3.25. The van der Waals surface area contributed by atoms with Crippen LogP contribution in [0.2, 0.25) is 0 Å². The maximum Gasteiger partial charge on any atom is 0.251 e. The van der Waals surface area contributed by atoms with E-state index in [2.05, 4.69) is 5.32 Å². The van der Waals surface area contributed by atoms with Gasteiger partial charge < -0.3 is 10.2 Å². The van der Waals surface area contributed by atoms with Gasteiger partial charge in [0.1, 0.15) is 0 Å². The Morgan fingerprint density at radius 3 is 2.48 bits per heavy atom. The molecule has 7 nitrogen and oxygen atoms in total. The number of hydrogen-bond donors (Lipinski definition) is 1. The second kappa shape index (κ2) is 7.24. The number of piperidine rings is 1. The SMILES string of the molecule is CCCNC(=O)c1ccc2c(c1)C1(CCN(S(=O)(=O)CC)CC1)C(=O)N2C. The average molecular weight is 394 g/mol. The van der Waals surface area contributed by atoms with Crippen LogP contribution in [0.5, 0.6) is 0 Å². The van der Waals surface area contributed by atoms with E-state index in [0.29, 0.717) is 38.0 Å². The van der Waals surface area contributed by atoms with Gasteiger partial charge in [0.15, 0.2) is 0 Å². The Hall–Kier alpha value is -1.93.